The number of nitrogens with zero attached hydrogens (tertiary/aromatic N) is 4. The zero-order chi connectivity index (χ0) is 15.1. The van der Waals surface area contributed by atoms with Crippen LogP contribution in [0.2, 0.25) is 0 Å². The molecule has 22 heavy (non-hydrogen) atoms. The van der Waals surface area contributed by atoms with Crippen LogP contribution in [0.15, 0.2) is 6.33 Å². The zero-order valence-corrected chi connectivity index (χ0v) is 14.3. The molecule has 0 amide bonds. The molecular weight excluding hydrogens is 292 g/mol. The van der Waals surface area contributed by atoms with Crippen molar-refractivity contribution in [1.29, 1.82) is 0 Å². The summed E-state index contributed by atoms with van der Waals surface area (Å²) in [4.78, 5) is 17.0. The van der Waals surface area contributed by atoms with Gasteiger partial charge in [0.05, 0.1) is 5.39 Å². The lowest BCUT2D eigenvalue weighted by molar-refractivity contribution is 0.272. The molecule has 1 saturated heterocycles. The van der Waals surface area contributed by atoms with Gasteiger partial charge >= 0.3 is 0 Å². The lowest BCUT2D eigenvalue weighted by atomic mass is 9.97. The molecule has 3 heterocycles. The lowest BCUT2D eigenvalue weighted by Gasteiger charge is -2.24. The number of likely N-dealkylation sites (N-methyl/N-ethyl adjacent to an activating group) is 1. The Labute approximate surface area is 136 Å². The molecule has 1 unspecified atom stereocenters. The molecule has 1 atom stereocenters. The smallest absolute Gasteiger partial charge is 0.141 e. The summed E-state index contributed by atoms with van der Waals surface area (Å²) in [6.07, 6.45) is 8.08. The average molecular weight is 316 g/mol. The van der Waals surface area contributed by atoms with E-state index in [1.54, 1.807) is 16.8 Å². The highest BCUT2D eigenvalue weighted by Crippen LogP contribution is 2.40. The van der Waals surface area contributed by atoms with Crippen molar-refractivity contribution in [1.82, 2.24) is 14.9 Å². The predicted octanol–water partition coefficient (Wildman–Crippen LogP) is 3.10. The fraction of sp³-hybridized carbons (Fsp3) is 0.647. The molecular formula is C17H24N4S. The Morgan fingerprint density at radius 3 is 3.05 bits per heavy atom. The highest BCUT2D eigenvalue weighted by Gasteiger charge is 2.29. The average Bonchev–Trinajstić information content (AvgIpc) is 3.18. The Morgan fingerprint density at radius 2 is 2.18 bits per heavy atom. The first-order valence-electron chi connectivity index (χ1n) is 8.48. The standard InChI is InChI=1S/C17H24N4S/c1-3-20(2)12-8-9-21(10-12)16-15-13-6-4-5-7-14(13)22-17(15)19-11-18-16/h11-12H,3-10H2,1-2H3. The first-order valence-corrected chi connectivity index (χ1v) is 9.30. The van der Waals surface area contributed by atoms with Gasteiger partial charge in [0.25, 0.3) is 0 Å². The third-order valence-electron chi connectivity index (χ3n) is 5.32. The second kappa shape index (κ2) is 5.78. The van der Waals surface area contributed by atoms with Gasteiger partial charge in [-0.2, -0.15) is 0 Å². The Bertz CT molecular complexity index is 681. The van der Waals surface area contributed by atoms with Gasteiger partial charge in [-0.05, 0) is 51.3 Å². The van der Waals surface area contributed by atoms with Crippen molar-refractivity contribution in [2.24, 2.45) is 0 Å². The summed E-state index contributed by atoms with van der Waals surface area (Å²) in [5.41, 5.74) is 1.55. The van der Waals surface area contributed by atoms with Gasteiger partial charge in [-0.15, -0.1) is 11.3 Å². The second-order valence-electron chi connectivity index (χ2n) is 6.55. The van der Waals surface area contributed by atoms with Crippen LogP contribution in [0, 0.1) is 0 Å². The monoisotopic (exact) mass is 316 g/mol. The van der Waals surface area contributed by atoms with E-state index < -0.39 is 0 Å². The van der Waals surface area contributed by atoms with Gasteiger partial charge in [-0.1, -0.05) is 6.92 Å². The van der Waals surface area contributed by atoms with Crippen LogP contribution in [-0.4, -0.2) is 47.6 Å². The largest absolute Gasteiger partial charge is 0.354 e. The molecule has 118 valence electrons. The van der Waals surface area contributed by atoms with Gasteiger partial charge in [0.1, 0.15) is 17.0 Å². The Balaban J connectivity index is 1.72. The fourth-order valence-corrected chi connectivity index (χ4v) is 5.09. The third-order valence-corrected chi connectivity index (χ3v) is 6.52. The molecule has 0 aromatic carbocycles. The highest BCUT2D eigenvalue weighted by atomic mass is 32.1. The quantitative estimate of drug-likeness (QED) is 0.871. The first kappa shape index (κ1) is 14.4. The van der Waals surface area contributed by atoms with Crippen LogP contribution in [0.25, 0.3) is 10.2 Å². The summed E-state index contributed by atoms with van der Waals surface area (Å²) in [6, 6.07) is 0.657. The molecule has 5 heteroatoms. The number of aryl methyl sites for hydroxylation is 2. The third kappa shape index (κ3) is 2.31. The van der Waals surface area contributed by atoms with Crippen molar-refractivity contribution in [3.05, 3.63) is 16.8 Å². The molecule has 2 aromatic heterocycles. The van der Waals surface area contributed by atoms with Gasteiger partial charge in [0, 0.05) is 24.0 Å². The number of aromatic nitrogens is 2. The SMILES string of the molecule is CCN(C)C1CCN(c2ncnc3sc4c(c23)CCCC4)C1. The Kier molecular flexibility index (Phi) is 3.78. The number of anilines is 1. The summed E-state index contributed by atoms with van der Waals surface area (Å²) < 4.78 is 0. The molecule has 4 nitrogen and oxygen atoms in total. The van der Waals surface area contributed by atoms with E-state index in [2.05, 4.69) is 28.8 Å². The molecule has 1 fully saturated rings. The minimum absolute atomic E-state index is 0.657. The molecule has 0 bridgehead atoms. The molecule has 0 radical (unpaired) electrons. The van der Waals surface area contributed by atoms with Gasteiger partial charge in [-0.3, -0.25) is 0 Å². The topological polar surface area (TPSA) is 32.3 Å². The van der Waals surface area contributed by atoms with Crippen molar-refractivity contribution >= 4 is 27.4 Å². The predicted molar refractivity (Wildman–Crippen MR) is 93.0 cm³/mol. The van der Waals surface area contributed by atoms with Crippen molar-refractivity contribution in [2.45, 2.75) is 45.1 Å². The number of fused-ring (bicyclic) bond motifs is 3. The van der Waals surface area contributed by atoms with E-state index in [0.29, 0.717) is 6.04 Å². The first-order chi connectivity index (χ1) is 10.8. The molecule has 0 spiro atoms. The molecule has 0 N–H and O–H groups in total. The highest BCUT2D eigenvalue weighted by molar-refractivity contribution is 7.19. The number of thiophene rings is 1. The minimum Gasteiger partial charge on any atom is -0.354 e. The van der Waals surface area contributed by atoms with Crippen molar-refractivity contribution < 1.29 is 0 Å². The van der Waals surface area contributed by atoms with E-state index in [0.717, 1.165) is 19.6 Å². The van der Waals surface area contributed by atoms with E-state index in [1.165, 1.54) is 48.1 Å². The maximum Gasteiger partial charge on any atom is 0.141 e. The van der Waals surface area contributed by atoms with Crippen molar-refractivity contribution in [3.8, 4) is 0 Å². The summed E-state index contributed by atoms with van der Waals surface area (Å²) in [5, 5.41) is 1.36. The van der Waals surface area contributed by atoms with Crippen LogP contribution in [0.4, 0.5) is 5.82 Å². The molecule has 1 aliphatic heterocycles. The maximum atomic E-state index is 4.69. The lowest BCUT2D eigenvalue weighted by Crippen LogP contribution is -2.34. The van der Waals surface area contributed by atoms with Gasteiger partial charge in [-0.25, -0.2) is 9.97 Å². The molecule has 0 saturated carbocycles. The van der Waals surface area contributed by atoms with Crippen LogP contribution >= 0.6 is 11.3 Å². The van der Waals surface area contributed by atoms with Crippen LogP contribution in [-0.2, 0) is 12.8 Å². The van der Waals surface area contributed by atoms with Crippen molar-refractivity contribution in [3.63, 3.8) is 0 Å². The molecule has 2 aliphatic rings. The van der Waals surface area contributed by atoms with Crippen LogP contribution in [0.3, 0.4) is 0 Å². The summed E-state index contributed by atoms with van der Waals surface area (Å²) in [5.74, 6) is 1.19. The van der Waals surface area contributed by atoms with E-state index in [4.69, 9.17) is 4.98 Å². The van der Waals surface area contributed by atoms with Gasteiger partial charge < -0.3 is 9.80 Å². The van der Waals surface area contributed by atoms with E-state index in [1.807, 2.05) is 11.3 Å². The summed E-state index contributed by atoms with van der Waals surface area (Å²) in [7, 11) is 2.23. The van der Waals surface area contributed by atoms with Crippen molar-refractivity contribution in [2.75, 3.05) is 31.6 Å². The normalized spacial score (nSPS) is 21.8. The van der Waals surface area contributed by atoms with Crippen LogP contribution in [0.1, 0.15) is 36.6 Å². The summed E-state index contributed by atoms with van der Waals surface area (Å²) >= 11 is 1.90. The Morgan fingerprint density at radius 1 is 1.32 bits per heavy atom. The molecule has 4 rings (SSSR count). The molecule has 1 aliphatic carbocycles. The zero-order valence-electron chi connectivity index (χ0n) is 13.5. The van der Waals surface area contributed by atoms with E-state index in [-0.39, 0.29) is 0 Å². The maximum absolute atomic E-state index is 4.69. The van der Waals surface area contributed by atoms with E-state index >= 15 is 0 Å². The van der Waals surface area contributed by atoms with E-state index in [9.17, 15) is 0 Å². The fourth-order valence-electron chi connectivity index (χ4n) is 3.87. The number of rotatable bonds is 3. The molecule has 2 aromatic rings. The second-order valence-corrected chi connectivity index (χ2v) is 7.63. The summed E-state index contributed by atoms with van der Waals surface area (Å²) in [6.45, 7) is 5.57. The van der Waals surface area contributed by atoms with Crippen LogP contribution in [0.5, 0.6) is 0 Å². The van der Waals surface area contributed by atoms with Crippen LogP contribution < -0.4 is 4.90 Å². The number of hydrogen-bond acceptors (Lipinski definition) is 5. The van der Waals surface area contributed by atoms with Gasteiger partial charge in [0.2, 0.25) is 0 Å². The number of hydrogen-bond donors (Lipinski definition) is 0. The minimum atomic E-state index is 0.657. The Hall–Kier alpha value is -1.20. The van der Waals surface area contributed by atoms with Gasteiger partial charge in [0.15, 0.2) is 0 Å².